The molecular weight excluding hydrogens is 358 g/mol. The van der Waals surface area contributed by atoms with Gasteiger partial charge < -0.3 is 14.8 Å². The highest BCUT2D eigenvalue weighted by molar-refractivity contribution is 7.88. The summed E-state index contributed by atoms with van der Waals surface area (Å²) >= 11 is 0. The van der Waals surface area contributed by atoms with Crippen molar-refractivity contribution >= 4 is 21.8 Å². The highest BCUT2D eigenvalue weighted by atomic mass is 32.2. The van der Waals surface area contributed by atoms with Gasteiger partial charge in [-0.1, -0.05) is 6.92 Å². The Labute approximate surface area is 153 Å². The molecule has 1 N–H and O–H groups in total. The molecule has 0 fully saturated rings. The van der Waals surface area contributed by atoms with Crippen molar-refractivity contribution in [2.45, 2.75) is 26.3 Å². The molecule has 26 heavy (non-hydrogen) atoms. The molecular formula is C17H23N3O5S. The average molecular weight is 381 g/mol. The smallest absolute Gasteiger partial charge is 0.345 e. The topological polar surface area (TPSA) is 97.3 Å². The van der Waals surface area contributed by atoms with Crippen molar-refractivity contribution in [3.05, 3.63) is 35.5 Å². The second kappa shape index (κ2) is 7.77. The first-order chi connectivity index (χ1) is 12.2. The molecule has 2 rings (SSSR count). The first-order valence-corrected chi connectivity index (χ1v) is 9.47. The molecule has 0 bridgehead atoms. The van der Waals surface area contributed by atoms with Gasteiger partial charge in [-0.2, -0.15) is 8.42 Å². The van der Waals surface area contributed by atoms with Gasteiger partial charge in [-0.05, 0) is 37.6 Å². The van der Waals surface area contributed by atoms with Crippen LogP contribution >= 0.6 is 0 Å². The maximum absolute atomic E-state index is 12.5. The summed E-state index contributed by atoms with van der Waals surface area (Å²) in [5.41, 5.74) is 0.505. The summed E-state index contributed by atoms with van der Waals surface area (Å²) in [4.78, 5) is 12.5. The fraction of sp³-hybridized carbons (Fsp3) is 0.412. The van der Waals surface area contributed by atoms with E-state index in [-0.39, 0.29) is 17.5 Å². The molecule has 0 saturated carbocycles. The molecule has 142 valence electrons. The van der Waals surface area contributed by atoms with E-state index in [4.69, 9.17) is 9.47 Å². The van der Waals surface area contributed by atoms with Gasteiger partial charge in [0.1, 0.15) is 17.2 Å². The summed E-state index contributed by atoms with van der Waals surface area (Å²) in [7, 11) is 0.215. The molecule has 1 atom stereocenters. The SMILES string of the molecule is CC[C@@H](C)NC(=O)C1=CC(c2cc(OC)ccc2OC)=NS(=O)(=O)N1C. The van der Waals surface area contributed by atoms with Gasteiger partial charge in [0.25, 0.3) is 5.91 Å². The van der Waals surface area contributed by atoms with Crippen LogP contribution < -0.4 is 14.8 Å². The number of nitrogens with one attached hydrogen (secondary N) is 1. The minimum absolute atomic E-state index is 0.0137. The van der Waals surface area contributed by atoms with Gasteiger partial charge in [-0.25, -0.2) is 4.31 Å². The van der Waals surface area contributed by atoms with Crippen molar-refractivity contribution in [1.29, 1.82) is 0 Å². The predicted octanol–water partition coefficient (Wildman–Crippen LogP) is 1.48. The van der Waals surface area contributed by atoms with Crippen LogP contribution in [0.3, 0.4) is 0 Å². The number of carbonyl (C=O) groups excluding carboxylic acids is 1. The van der Waals surface area contributed by atoms with E-state index < -0.39 is 16.1 Å². The lowest BCUT2D eigenvalue weighted by atomic mass is 10.1. The summed E-state index contributed by atoms with van der Waals surface area (Å²) in [5, 5.41) is 2.77. The number of benzene rings is 1. The molecule has 1 aromatic rings. The van der Waals surface area contributed by atoms with Crippen molar-refractivity contribution < 1.29 is 22.7 Å². The molecule has 1 amide bonds. The van der Waals surface area contributed by atoms with Crippen LogP contribution in [0.4, 0.5) is 0 Å². The zero-order valence-electron chi connectivity index (χ0n) is 15.4. The third-order valence-electron chi connectivity index (χ3n) is 4.08. The molecule has 0 saturated heterocycles. The Kier molecular flexibility index (Phi) is 5.91. The largest absolute Gasteiger partial charge is 0.497 e. The number of methoxy groups -OCH3 is 2. The fourth-order valence-corrected chi connectivity index (χ4v) is 3.21. The molecule has 0 unspecified atom stereocenters. The first kappa shape index (κ1) is 19.8. The van der Waals surface area contributed by atoms with Gasteiger partial charge in [0, 0.05) is 18.7 Å². The lowest BCUT2D eigenvalue weighted by Gasteiger charge is -2.25. The van der Waals surface area contributed by atoms with E-state index in [0.717, 1.165) is 10.7 Å². The Hall–Kier alpha value is -2.55. The molecule has 1 aliphatic heterocycles. The highest BCUT2D eigenvalue weighted by Crippen LogP contribution is 2.28. The molecule has 1 heterocycles. The Bertz CT molecular complexity index is 861. The van der Waals surface area contributed by atoms with Crippen LogP contribution in [0.2, 0.25) is 0 Å². The van der Waals surface area contributed by atoms with Crippen LogP contribution in [0, 0.1) is 0 Å². The quantitative estimate of drug-likeness (QED) is 0.805. The van der Waals surface area contributed by atoms with Crippen molar-refractivity contribution in [3.8, 4) is 11.5 Å². The number of rotatable bonds is 6. The summed E-state index contributed by atoms with van der Waals surface area (Å²) in [6, 6.07) is 4.85. The molecule has 0 radical (unpaired) electrons. The van der Waals surface area contributed by atoms with Gasteiger partial charge in [0.2, 0.25) is 0 Å². The maximum atomic E-state index is 12.5. The van der Waals surface area contributed by atoms with Crippen LogP contribution in [0.1, 0.15) is 25.8 Å². The van der Waals surface area contributed by atoms with E-state index in [1.165, 1.54) is 27.3 Å². The van der Waals surface area contributed by atoms with Gasteiger partial charge in [-0.15, -0.1) is 4.40 Å². The molecule has 0 spiro atoms. The van der Waals surface area contributed by atoms with Gasteiger partial charge in [0.15, 0.2) is 0 Å². The van der Waals surface area contributed by atoms with Crippen LogP contribution in [0.5, 0.6) is 11.5 Å². The van der Waals surface area contributed by atoms with Crippen molar-refractivity contribution in [1.82, 2.24) is 9.62 Å². The van der Waals surface area contributed by atoms with E-state index in [1.807, 2.05) is 13.8 Å². The second-order valence-corrected chi connectivity index (χ2v) is 7.43. The van der Waals surface area contributed by atoms with Gasteiger partial charge in [-0.3, -0.25) is 4.79 Å². The molecule has 8 nitrogen and oxygen atoms in total. The van der Waals surface area contributed by atoms with Gasteiger partial charge >= 0.3 is 10.2 Å². The van der Waals surface area contributed by atoms with Crippen LogP contribution in [0.25, 0.3) is 0 Å². The number of likely N-dealkylation sites (N-methyl/N-ethyl adjacent to an activating group) is 1. The molecule has 0 aromatic heterocycles. The average Bonchev–Trinajstić information content (AvgIpc) is 2.62. The number of ether oxygens (including phenoxy) is 2. The third-order valence-corrected chi connectivity index (χ3v) is 5.39. The zero-order valence-corrected chi connectivity index (χ0v) is 16.3. The Morgan fingerprint density at radius 3 is 2.58 bits per heavy atom. The number of allylic oxidation sites excluding steroid dienone is 1. The van der Waals surface area contributed by atoms with Crippen molar-refractivity contribution in [2.75, 3.05) is 21.3 Å². The number of carbonyl (C=O) groups is 1. The van der Waals surface area contributed by atoms with Crippen molar-refractivity contribution in [3.63, 3.8) is 0 Å². The number of nitrogens with zero attached hydrogens (tertiary/aromatic N) is 2. The minimum Gasteiger partial charge on any atom is -0.497 e. The van der Waals surface area contributed by atoms with E-state index in [1.54, 1.807) is 18.2 Å². The fourth-order valence-electron chi connectivity index (χ4n) is 2.31. The second-order valence-electron chi connectivity index (χ2n) is 5.80. The predicted molar refractivity (Wildman–Crippen MR) is 98.7 cm³/mol. The number of hydrogen-bond acceptors (Lipinski definition) is 5. The molecule has 0 aliphatic carbocycles. The lowest BCUT2D eigenvalue weighted by Crippen LogP contribution is -2.41. The molecule has 1 aromatic carbocycles. The Morgan fingerprint density at radius 1 is 1.31 bits per heavy atom. The summed E-state index contributed by atoms with van der Waals surface area (Å²) < 4.78 is 40.0. The summed E-state index contributed by atoms with van der Waals surface area (Å²) in [5.74, 6) is 0.445. The third kappa shape index (κ3) is 3.98. The molecule has 9 heteroatoms. The van der Waals surface area contributed by atoms with Crippen LogP contribution in [0.15, 0.2) is 34.4 Å². The number of amides is 1. The van der Waals surface area contributed by atoms with E-state index >= 15 is 0 Å². The van der Waals surface area contributed by atoms with Crippen molar-refractivity contribution in [2.24, 2.45) is 4.40 Å². The molecule has 1 aliphatic rings. The standard InChI is InChI=1S/C17H23N3O5S/c1-6-11(2)18-17(21)15-10-14(19-26(22,23)20(15)3)13-9-12(24-4)7-8-16(13)25-5/h7-11H,6H2,1-5H3,(H,18,21)/t11-/m1/s1. The van der Waals surface area contributed by atoms with Gasteiger partial charge in [0.05, 0.1) is 19.9 Å². The normalized spacial score (nSPS) is 17.0. The lowest BCUT2D eigenvalue weighted by molar-refractivity contribution is -0.119. The summed E-state index contributed by atoms with van der Waals surface area (Å²) in [6.07, 6.45) is 2.15. The van der Waals surface area contributed by atoms with E-state index in [2.05, 4.69) is 9.71 Å². The number of hydrogen-bond donors (Lipinski definition) is 1. The van der Waals surface area contributed by atoms with E-state index in [0.29, 0.717) is 17.1 Å². The maximum Gasteiger partial charge on any atom is 0.345 e. The zero-order chi connectivity index (χ0) is 19.5. The Morgan fingerprint density at radius 2 is 2.00 bits per heavy atom. The van der Waals surface area contributed by atoms with Crippen LogP contribution in [-0.2, 0) is 15.0 Å². The highest BCUT2D eigenvalue weighted by Gasteiger charge is 2.31. The monoisotopic (exact) mass is 381 g/mol. The van der Waals surface area contributed by atoms with Crippen LogP contribution in [-0.4, -0.2) is 51.7 Å². The van der Waals surface area contributed by atoms with E-state index in [9.17, 15) is 13.2 Å². The minimum atomic E-state index is -4.04. The summed E-state index contributed by atoms with van der Waals surface area (Å²) in [6.45, 7) is 3.77. The Balaban J connectivity index is 2.56. The first-order valence-electron chi connectivity index (χ1n) is 8.07.